The third-order valence-corrected chi connectivity index (χ3v) is 5.40. The van der Waals surface area contributed by atoms with Gasteiger partial charge < -0.3 is 19.9 Å². The van der Waals surface area contributed by atoms with Crippen LogP contribution in [0.3, 0.4) is 0 Å². The van der Waals surface area contributed by atoms with E-state index in [9.17, 15) is 10.1 Å². The Morgan fingerprint density at radius 2 is 1.84 bits per heavy atom. The number of carbonyl (C=O) groups excluding carboxylic acids is 1. The van der Waals surface area contributed by atoms with Crippen molar-refractivity contribution >= 4 is 21.9 Å². The van der Waals surface area contributed by atoms with Crippen LogP contribution in [0.4, 0.5) is 0 Å². The molecule has 0 aliphatic carbocycles. The quantitative estimate of drug-likeness (QED) is 0.425. The molecule has 1 aliphatic rings. The van der Waals surface area contributed by atoms with Crippen molar-refractivity contribution in [2.24, 2.45) is 5.73 Å². The molecule has 0 saturated heterocycles. The summed E-state index contributed by atoms with van der Waals surface area (Å²) < 4.78 is 17.2. The molecule has 154 valence electrons. The molecule has 1 atom stereocenters. The molecule has 0 fully saturated rings. The van der Waals surface area contributed by atoms with Gasteiger partial charge in [0.15, 0.2) is 0 Å². The Kier molecular flexibility index (Phi) is 5.65. The summed E-state index contributed by atoms with van der Waals surface area (Å²) in [6.07, 6.45) is 0. The molecule has 1 aliphatic heterocycles. The summed E-state index contributed by atoms with van der Waals surface area (Å²) in [7, 11) is 1.56. The van der Waals surface area contributed by atoms with E-state index in [1.54, 1.807) is 49.6 Å². The topological polar surface area (TPSA) is 94.6 Å². The first-order valence-corrected chi connectivity index (χ1v) is 10.1. The predicted molar refractivity (Wildman–Crippen MR) is 118 cm³/mol. The minimum atomic E-state index is -0.511. The zero-order valence-corrected chi connectivity index (χ0v) is 18.0. The Labute approximate surface area is 187 Å². The highest BCUT2D eigenvalue weighted by atomic mass is 79.9. The number of nitrogens with two attached hydrogens (primary N) is 1. The molecule has 0 saturated carbocycles. The second-order valence-electron chi connectivity index (χ2n) is 6.80. The van der Waals surface area contributed by atoms with Crippen LogP contribution in [0, 0.1) is 11.3 Å². The van der Waals surface area contributed by atoms with E-state index < -0.39 is 11.9 Å². The van der Waals surface area contributed by atoms with E-state index in [1.165, 1.54) is 0 Å². The number of halogens is 1. The van der Waals surface area contributed by atoms with E-state index >= 15 is 0 Å². The number of hydrogen-bond donors (Lipinski definition) is 1. The molecular weight excluding hydrogens is 460 g/mol. The minimum Gasteiger partial charge on any atom is -0.497 e. The molecule has 0 spiro atoms. The summed E-state index contributed by atoms with van der Waals surface area (Å²) in [5.74, 6) is 0.509. The molecule has 4 rings (SSSR count). The van der Waals surface area contributed by atoms with Gasteiger partial charge in [-0.1, -0.05) is 34.1 Å². The maximum Gasteiger partial charge on any atom is 0.343 e. The van der Waals surface area contributed by atoms with E-state index in [-0.39, 0.29) is 5.88 Å². The highest BCUT2D eigenvalue weighted by Gasteiger charge is 2.31. The smallest absolute Gasteiger partial charge is 0.343 e. The summed E-state index contributed by atoms with van der Waals surface area (Å²) in [6, 6.07) is 21.5. The van der Waals surface area contributed by atoms with Gasteiger partial charge in [0, 0.05) is 16.1 Å². The normalized spacial score (nSPS) is 14.8. The summed E-state index contributed by atoms with van der Waals surface area (Å²) in [5.41, 5.74) is 8.41. The Morgan fingerprint density at radius 1 is 1.10 bits per heavy atom. The van der Waals surface area contributed by atoms with E-state index in [1.807, 2.05) is 24.3 Å². The van der Waals surface area contributed by atoms with Crippen molar-refractivity contribution < 1.29 is 19.0 Å². The highest BCUT2D eigenvalue weighted by molar-refractivity contribution is 9.10. The Hall–Kier alpha value is -3.76. The second-order valence-corrected chi connectivity index (χ2v) is 7.71. The van der Waals surface area contributed by atoms with Gasteiger partial charge in [0.05, 0.1) is 18.6 Å². The molecule has 1 heterocycles. The summed E-state index contributed by atoms with van der Waals surface area (Å²) in [4.78, 5) is 12.5. The third-order valence-electron chi connectivity index (χ3n) is 4.91. The number of esters is 1. The van der Waals surface area contributed by atoms with Crippen molar-refractivity contribution in [1.29, 1.82) is 5.26 Å². The number of benzene rings is 3. The van der Waals surface area contributed by atoms with Gasteiger partial charge in [0.1, 0.15) is 28.9 Å². The van der Waals surface area contributed by atoms with Gasteiger partial charge in [-0.3, -0.25) is 0 Å². The number of hydrogen-bond acceptors (Lipinski definition) is 6. The lowest BCUT2D eigenvalue weighted by atomic mass is 9.83. The molecule has 7 heteroatoms. The Bertz CT molecular complexity index is 1230. The lowest BCUT2D eigenvalue weighted by molar-refractivity contribution is 0.0734. The number of carbonyl (C=O) groups is 1. The van der Waals surface area contributed by atoms with Gasteiger partial charge in [0.25, 0.3) is 0 Å². The zero-order chi connectivity index (χ0) is 22.0. The van der Waals surface area contributed by atoms with Gasteiger partial charge in [-0.25, -0.2) is 4.79 Å². The van der Waals surface area contributed by atoms with Crippen LogP contribution in [-0.4, -0.2) is 13.1 Å². The molecule has 3 aromatic carbocycles. The van der Waals surface area contributed by atoms with Crippen LogP contribution in [-0.2, 0) is 0 Å². The monoisotopic (exact) mass is 476 g/mol. The Morgan fingerprint density at radius 3 is 2.52 bits per heavy atom. The van der Waals surface area contributed by atoms with Crippen molar-refractivity contribution in [2.75, 3.05) is 7.11 Å². The average molecular weight is 477 g/mol. The molecule has 0 radical (unpaired) electrons. The van der Waals surface area contributed by atoms with Crippen LogP contribution in [0.1, 0.15) is 27.4 Å². The van der Waals surface area contributed by atoms with Crippen molar-refractivity contribution in [1.82, 2.24) is 0 Å². The first-order chi connectivity index (χ1) is 15.0. The maximum atomic E-state index is 12.5. The van der Waals surface area contributed by atoms with E-state index in [0.29, 0.717) is 28.4 Å². The van der Waals surface area contributed by atoms with Gasteiger partial charge in [-0.15, -0.1) is 0 Å². The first-order valence-electron chi connectivity index (χ1n) is 9.33. The van der Waals surface area contributed by atoms with Crippen LogP contribution in [0.5, 0.6) is 17.2 Å². The van der Waals surface area contributed by atoms with E-state index in [4.69, 9.17) is 19.9 Å². The van der Waals surface area contributed by atoms with Crippen LogP contribution in [0.2, 0.25) is 0 Å². The minimum absolute atomic E-state index is 0.0265. The van der Waals surface area contributed by atoms with Crippen molar-refractivity contribution in [2.45, 2.75) is 5.92 Å². The highest BCUT2D eigenvalue weighted by Crippen LogP contribution is 2.43. The van der Waals surface area contributed by atoms with Crippen molar-refractivity contribution in [3.63, 3.8) is 0 Å². The first kappa shape index (κ1) is 20.5. The largest absolute Gasteiger partial charge is 0.497 e. The van der Waals surface area contributed by atoms with Crippen LogP contribution < -0.4 is 19.9 Å². The number of fused-ring (bicyclic) bond motifs is 1. The summed E-state index contributed by atoms with van der Waals surface area (Å²) in [5, 5.41) is 9.67. The fourth-order valence-corrected chi connectivity index (χ4v) is 3.84. The molecular formula is C24H17BrN2O4. The molecule has 2 N–H and O–H groups in total. The lowest BCUT2D eigenvalue weighted by Gasteiger charge is -2.26. The lowest BCUT2D eigenvalue weighted by Crippen LogP contribution is -2.21. The molecule has 0 unspecified atom stereocenters. The number of nitriles is 1. The number of ether oxygens (including phenoxy) is 3. The standard InChI is InChI=1S/C24H17BrN2O4/c1-29-17-7-5-14(6-8-17)24(28)30-18-9-10-19-21(12-18)31-23(27)20(13-26)22(19)15-3-2-4-16(25)11-15/h2-12,22H,27H2,1H3/t22-/m1/s1. The SMILES string of the molecule is COc1ccc(C(=O)Oc2ccc3c(c2)OC(N)=C(C#N)[C@@H]3c2cccc(Br)c2)cc1. The van der Waals surface area contributed by atoms with Gasteiger partial charge in [0.2, 0.25) is 5.88 Å². The number of nitrogens with zero attached hydrogens (tertiary/aromatic N) is 1. The molecule has 6 nitrogen and oxygen atoms in total. The molecule has 0 aromatic heterocycles. The third kappa shape index (κ3) is 4.11. The van der Waals surface area contributed by atoms with Gasteiger partial charge in [-0.2, -0.15) is 5.26 Å². The van der Waals surface area contributed by atoms with Gasteiger partial charge >= 0.3 is 5.97 Å². The number of allylic oxidation sites excluding steroid dienone is 1. The molecule has 3 aromatic rings. The Balaban J connectivity index is 1.66. The van der Waals surface area contributed by atoms with Crippen LogP contribution in [0.15, 0.2) is 82.7 Å². The van der Waals surface area contributed by atoms with E-state index in [2.05, 4.69) is 22.0 Å². The summed E-state index contributed by atoms with van der Waals surface area (Å²) >= 11 is 3.47. The van der Waals surface area contributed by atoms with Crippen molar-refractivity contribution in [3.05, 3.63) is 99.3 Å². The fourth-order valence-electron chi connectivity index (χ4n) is 3.42. The van der Waals surface area contributed by atoms with Crippen LogP contribution >= 0.6 is 15.9 Å². The second kappa shape index (κ2) is 8.54. The average Bonchev–Trinajstić information content (AvgIpc) is 2.78. The van der Waals surface area contributed by atoms with Gasteiger partial charge in [-0.05, 0) is 48.0 Å². The molecule has 0 bridgehead atoms. The number of methoxy groups -OCH3 is 1. The zero-order valence-electron chi connectivity index (χ0n) is 16.5. The fraction of sp³-hybridized carbons (Fsp3) is 0.0833. The van der Waals surface area contributed by atoms with Crippen molar-refractivity contribution in [3.8, 4) is 23.3 Å². The predicted octanol–water partition coefficient (Wildman–Crippen LogP) is 4.90. The van der Waals surface area contributed by atoms with E-state index in [0.717, 1.165) is 15.6 Å². The summed E-state index contributed by atoms with van der Waals surface area (Å²) in [6.45, 7) is 0. The number of rotatable bonds is 4. The molecule has 31 heavy (non-hydrogen) atoms. The maximum absolute atomic E-state index is 12.5. The van der Waals surface area contributed by atoms with Crippen LogP contribution in [0.25, 0.3) is 0 Å². The molecule has 0 amide bonds.